The van der Waals surface area contributed by atoms with Gasteiger partial charge in [-0.05, 0) is 34.7 Å². The van der Waals surface area contributed by atoms with Gasteiger partial charge in [0, 0.05) is 16.7 Å². The predicted octanol–water partition coefficient (Wildman–Crippen LogP) is 1.13. The molecule has 2 N–H and O–H groups in total. The number of amides is 1. The van der Waals surface area contributed by atoms with Crippen molar-refractivity contribution >= 4 is 40.1 Å². The lowest BCUT2D eigenvalue weighted by molar-refractivity contribution is 0.0572. The van der Waals surface area contributed by atoms with Crippen LogP contribution in [0.5, 0.6) is 5.75 Å². The summed E-state index contributed by atoms with van der Waals surface area (Å²) < 4.78 is 5.97. The SMILES string of the molecule is COc1cc(I)c(Cl)cc1C(=O)N1CC(O)C(O)C1. The second-order valence-corrected chi connectivity index (χ2v) is 5.88. The predicted molar refractivity (Wildman–Crippen MR) is 78.6 cm³/mol. The molecule has 104 valence electrons. The fourth-order valence-corrected chi connectivity index (χ4v) is 2.57. The van der Waals surface area contributed by atoms with Crippen molar-refractivity contribution in [2.75, 3.05) is 20.2 Å². The highest BCUT2D eigenvalue weighted by molar-refractivity contribution is 14.1. The van der Waals surface area contributed by atoms with E-state index in [1.54, 1.807) is 12.1 Å². The van der Waals surface area contributed by atoms with Crippen molar-refractivity contribution in [3.63, 3.8) is 0 Å². The van der Waals surface area contributed by atoms with Crippen LogP contribution in [0.15, 0.2) is 12.1 Å². The smallest absolute Gasteiger partial charge is 0.257 e. The number of nitrogens with zero attached hydrogens (tertiary/aromatic N) is 1. The maximum atomic E-state index is 12.3. The number of ether oxygens (including phenoxy) is 1. The van der Waals surface area contributed by atoms with E-state index in [2.05, 4.69) is 22.6 Å². The Morgan fingerprint density at radius 3 is 2.53 bits per heavy atom. The van der Waals surface area contributed by atoms with E-state index in [1.165, 1.54) is 12.0 Å². The van der Waals surface area contributed by atoms with Crippen molar-refractivity contribution < 1.29 is 19.7 Å². The van der Waals surface area contributed by atoms with E-state index in [0.717, 1.165) is 3.57 Å². The molecule has 0 spiro atoms. The van der Waals surface area contributed by atoms with Crippen molar-refractivity contribution in [3.05, 3.63) is 26.3 Å². The number of methoxy groups -OCH3 is 1. The van der Waals surface area contributed by atoms with Gasteiger partial charge in [0.1, 0.15) is 5.75 Å². The van der Waals surface area contributed by atoms with Gasteiger partial charge in [-0.1, -0.05) is 11.6 Å². The van der Waals surface area contributed by atoms with Gasteiger partial charge in [0.25, 0.3) is 5.91 Å². The lowest BCUT2D eigenvalue weighted by Gasteiger charge is -2.17. The van der Waals surface area contributed by atoms with Gasteiger partial charge in [0.05, 0.1) is 29.9 Å². The minimum absolute atomic E-state index is 0.104. The lowest BCUT2D eigenvalue weighted by Crippen LogP contribution is -2.30. The van der Waals surface area contributed by atoms with Gasteiger partial charge in [-0.25, -0.2) is 0 Å². The third-order valence-corrected chi connectivity index (χ3v) is 4.54. The maximum absolute atomic E-state index is 12.3. The molecular formula is C12H13ClINO4. The van der Waals surface area contributed by atoms with E-state index >= 15 is 0 Å². The van der Waals surface area contributed by atoms with Crippen LogP contribution in [-0.4, -0.2) is 53.4 Å². The first-order valence-corrected chi connectivity index (χ1v) is 7.08. The van der Waals surface area contributed by atoms with Crippen LogP contribution in [-0.2, 0) is 0 Å². The number of hydrogen-bond donors (Lipinski definition) is 2. The molecule has 0 aliphatic carbocycles. The summed E-state index contributed by atoms with van der Waals surface area (Å²) in [6.45, 7) is 0.208. The van der Waals surface area contributed by atoms with Crippen molar-refractivity contribution in [1.29, 1.82) is 0 Å². The van der Waals surface area contributed by atoms with E-state index in [1.807, 2.05) is 0 Å². The fourth-order valence-electron chi connectivity index (χ4n) is 1.97. The molecule has 1 aromatic carbocycles. The Morgan fingerprint density at radius 2 is 2.00 bits per heavy atom. The van der Waals surface area contributed by atoms with Crippen LogP contribution in [0.2, 0.25) is 5.02 Å². The molecule has 7 heteroatoms. The summed E-state index contributed by atoms with van der Waals surface area (Å²) in [5.74, 6) is 0.112. The number of carbonyl (C=O) groups excluding carboxylic acids is 1. The van der Waals surface area contributed by atoms with E-state index in [0.29, 0.717) is 16.3 Å². The van der Waals surface area contributed by atoms with Crippen LogP contribution < -0.4 is 4.74 Å². The first-order chi connectivity index (χ1) is 8.93. The summed E-state index contributed by atoms with van der Waals surface area (Å²) in [6, 6.07) is 3.22. The quantitative estimate of drug-likeness (QED) is 0.734. The van der Waals surface area contributed by atoms with Crippen molar-refractivity contribution in [2.24, 2.45) is 0 Å². The van der Waals surface area contributed by atoms with E-state index in [4.69, 9.17) is 16.3 Å². The van der Waals surface area contributed by atoms with Crippen molar-refractivity contribution in [3.8, 4) is 5.75 Å². The molecule has 1 aliphatic rings. The minimum atomic E-state index is -0.908. The molecule has 0 aromatic heterocycles. The van der Waals surface area contributed by atoms with Gasteiger partial charge in [-0.2, -0.15) is 0 Å². The second-order valence-electron chi connectivity index (χ2n) is 4.31. The molecule has 1 fully saturated rings. The van der Waals surface area contributed by atoms with Gasteiger partial charge < -0.3 is 19.8 Å². The third kappa shape index (κ3) is 2.96. The van der Waals surface area contributed by atoms with E-state index in [9.17, 15) is 15.0 Å². The number of aliphatic hydroxyl groups excluding tert-OH is 2. The number of aliphatic hydroxyl groups is 2. The summed E-state index contributed by atoms with van der Waals surface area (Å²) in [5.41, 5.74) is 0.328. The summed E-state index contributed by atoms with van der Waals surface area (Å²) >= 11 is 8.07. The van der Waals surface area contributed by atoms with E-state index in [-0.39, 0.29) is 19.0 Å². The Bertz CT molecular complexity index is 501. The number of halogens is 2. The van der Waals surface area contributed by atoms with Crippen LogP contribution in [0.4, 0.5) is 0 Å². The second kappa shape index (κ2) is 5.82. The average molecular weight is 398 g/mol. The van der Waals surface area contributed by atoms with Crippen LogP contribution >= 0.6 is 34.2 Å². The average Bonchev–Trinajstić information content (AvgIpc) is 2.71. The molecule has 1 saturated heterocycles. The zero-order valence-corrected chi connectivity index (χ0v) is 13.1. The molecule has 1 amide bonds. The Balaban J connectivity index is 2.31. The zero-order chi connectivity index (χ0) is 14.2. The fraction of sp³-hybridized carbons (Fsp3) is 0.417. The van der Waals surface area contributed by atoms with Crippen molar-refractivity contribution in [2.45, 2.75) is 12.2 Å². The van der Waals surface area contributed by atoms with Gasteiger partial charge in [0.2, 0.25) is 0 Å². The van der Waals surface area contributed by atoms with Crippen LogP contribution in [0.1, 0.15) is 10.4 Å². The highest BCUT2D eigenvalue weighted by Crippen LogP contribution is 2.29. The summed E-state index contributed by atoms with van der Waals surface area (Å²) in [6.07, 6.45) is -1.82. The van der Waals surface area contributed by atoms with Crippen LogP contribution in [0.3, 0.4) is 0 Å². The Labute approximate surface area is 129 Å². The minimum Gasteiger partial charge on any atom is -0.496 e. The molecule has 5 nitrogen and oxygen atoms in total. The topological polar surface area (TPSA) is 70.0 Å². The number of carbonyl (C=O) groups is 1. The Kier molecular flexibility index (Phi) is 4.54. The summed E-state index contributed by atoms with van der Waals surface area (Å²) in [5, 5.41) is 19.4. The molecule has 0 bridgehead atoms. The molecule has 2 atom stereocenters. The lowest BCUT2D eigenvalue weighted by atomic mass is 10.1. The zero-order valence-electron chi connectivity index (χ0n) is 10.1. The van der Waals surface area contributed by atoms with Gasteiger partial charge in [-0.3, -0.25) is 4.79 Å². The number of β-amino-alcohol motifs (C(OH)–C–C–N with tert-alkyl or cyclic N) is 2. The normalized spacial score (nSPS) is 22.7. The highest BCUT2D eigenvalue weighted by atomic mass is 127. The van der Waals surface area contributed by atoms with Gasteiger partial charge in [-0.15, -0.1) is 0 Å². The first kappa shape index (κ1) is 14.8. The largest absolute Gasteiger partial charge is 0.496 e. The highest BCUT2D eigenvalue weighted by Gasteiger charge is 2.34. The summed E-state index contributed by atoms with van der Waals surface area (Å²) in [4.78, 5) is 13.7. The first-order valence-electron chi connectivity index (χ1n) is 5.62. The number of hydrogen-bond acceptors (Lipinski definition) is 4. The molecule has 2 unspecified atom stereocenters. The van der Waals surface area contributed by atoms with Gasteiger partial charge in [0.15, 0.2) is 0 Å². The number of rotatable bonds is 2. The molecule has 1 heterocycles. The van der Waals surface area contributed by atoms with E-state index < -0.39 is 12.2 Å². The molecule has 0 saturated carbocycles. The molecular weight excluding hydrogens is 384 g/mol. The Morgan fingerprint density at radius 1 is 1.42 bits per heavy atom. The van der Waals surface area contributed by atoms with Crippen molar-refractivity contribution in [1.82, 2.24) is 4.90 Å². The molecule has 0 radical (unpaired) electrons. The summed E-state index contributed by atoms with van der Waals surface area (Å²) in [7, 11) is 1.48. The maximum Gasteiger partial charge on any atom is 0.257 e. The Hall–Kier alpha value is -0.570. The monoisotopic (exact) mass is 397 g/mol. The number of benzene rings is 1. The number of likely N-dealkylation sites (tertiary alicyclic amines) is 1. The third-order valence-electron chi connectivity index (χ3n) is 3.02. The molecule has 1 aliphatic heterocycles. The molecule has 2 rings (SSSR count). The standard InChI is InChI=1S/C12H13ClINO4/c1-19-11-3-8(14)7(13)2-6(11)12(18)15-4-9(16)10(17)5-15/h2-3,9-10,16-17H,4-5H2,1H3. The molecule has 1 aromatic rings. The molecule has 19 heavy (non-hydrogen) atoms. The van der Waals surface area contributed by atoms with Gasteiger partial charge >= 0.3 is 0 Å². The van der Waals surface area contributed by atoms with Crippen LogP contribution in [0.25, 0.3) is 0 Å². The van der Waals surface area contributed by atoms with Crippen LogP contribution in [0, 0.1) is 3.57 Å².